The third-order valence-corrected chi connectivity index (χ3v) is 4.44. The lowest BCUT2D eigenvalue weighted by atomic mass is 9.97. The quantitative estimate of drug-likeness (QED) is 0.879. The molecule has 1 atom stereocenters. The lowest BCUT2D eigenvalue weighted by Crippen LogP contribution is -2.45. The average Bonchev–Trinajstić information content (AvgIpc) is 2.60. The van der Waals surface area contributed by atoms with Crippen molar-refractivity contribution in [3.63, 3.8) is 0 Å². The highest BCUT2D eigenvalue weighted by molar-refractivity contribution is 5.94. The van der Waals surface area contributed by atoms with E-state index in [4.69, 9.17) is 4.74 Å². The van der Waals surface area contributed by atoms with Crippen molar-refractivity contribution in [2.24, 2.45) is 5.92 Å². The summed E-state index contributed by atoms with van der Waals surface area (Å²) in [7, 11) is 1.70. The van der Waals surface area contributed by atoms with Gasteiger partial charge in [0, 0.05) is 38.4 Å². The zero-order chi connectivity index (χ0) is 20.2. The summed E-state index contributed by atoms with van der Waals surface area (Å²) >= 11 is 0. The van der Waals surface area contributed by atoms with Crippen LogP contribution in [-0.2, 0) is 14.3 Å². The number of likely N-dealkylation sites (tertiary alicyclic amines) is 1. The van der Waals surface area contributed by atoms with Crippen molar-refractivity contribution in [1.29, 1.82) is 0 Å². The fraction of sp³-hybridized carbons (Fsp3) is 0.550. The van der Waals surface area contributed by atoms with Gasteiger partial charge in [-0.3, -0.25) is 9.59 Å². The fourth-order valence-corrected chi connectivity index (χ4v) is 2.88. The number of rotatable bonds is 3. The van der Waals surface area contributed by atoms with Crippen LogP contribution < -0.4 is 10.2 Å². The number of piperidine rings is 1. The minimum atomic E-state index is -0.554. The van der Waals surface area contributed by atoms with Crippen LogP contribution in [0.5, 0.6) is 0 Å². The molecule has 2 rings (SSSR count). The van der Waals surface area contributed by atoms with E-state index >= 15 is 0 Å². The second-order valence-electron chi connectivity index (χ2n) is 7.88. The zero-order valence-electron chi connectivity index (χ0n) is 16.7. The molecule has 1 N–H and O–H groups in total. The molecule has 7 heteroatoms. The highest BCUT2D eigenvalue weighted by atomic mass is 16.6. The number of carbonyl (C=O) groups excluding carboxylic acids is 3. The molecule has 3 amide bonds. The molecule has 0 radical (unpaired) electrons. The number of ether oxygens (including phenoxy) is 1. The van der Waals surface area contributed by atoms with Gasteiger partial charge >= 0.3 is 6.09 Å². The molecule has 148 valence electrons. The number of benzene rings is 1. The Morgan fingerprint density at radius 2 is 1.81 bits per heavy atom. The molecule has 1 saturated heterocycles. The molecule has 1 aliphatic rings. The second kappa shape index (κ2) is 8.41. The first-order valence-corrected chi connectivity index (χ1v) is 9.20. The highest BCUT2D eigenvalue weighted by Crippen LogP contribution is 2.22. The Hall–Kier alpha value is -2.57. The van der Waals surface area contributed by atoms with E-state index in [2.05, 4.69) is 5.32 Å². The Balaban J connectivity index is 1.95. The number of hydrogen-bond donors (Lipinski definition) is 1. The molecular weight excluding hydrogens is 346 g/mol. The van der Waals surface area contributed by atoms with Crippen LogP contribution >= 0.6 is 0 Å². The van der Waals surface area contributed by atoms with Crippen molar-refractivity contribution in [2.45, 2.75) is 46.1 Å². The van der Waals surface area contributed by atoms with Crippen molar-refractivity contribution in [3.8, 4) is 0 Å². The summed E-state index contributed by atoms with van der Waals surface area (Å²) in [6.45, 7) is 7.93. The van der Waals surface area contributed by atoms with Gasteiger partial charge in [-0.15, -0.1) is 0 Å². The normalized spacial score (nSPS) is 17.2. The highest BCUT2D eigenvalue weighted by Gasteiger charge is 2.31. The summed E-state index contributed by atoms with van der Waals surface area (Å²) < 4.78 is 5.40. The average molecular weight is 375 g/mol. The van der Waals surface area contributed by atoms with Crippen LogP contribution in [0.1, 0.15) is 40.5 Å². The molecule has 0 saturated carbocycles. The number of carbonyl (C=O) groups is 3. The van der Waals surface area contributed by atoms with Gasteiger partial charge in [0.05, 0.1) is 5.92 Å². The van der Waals surface area contributed by atoms with Crippen molar-refractivity contribution < 1.29 is 19.1 Å². The predicted octanol–water partition coefficient (Wildman–Crippen LogP) is 3.25. The third-order valence-electron chi connectivity index (χ3n) is 4.44. The van der Waals surface area contributed by atoms with Gasteiger partial charge in [-0.05, 0) is 57.9 Å². The summed E-state index contributed by atoms with van der Waals surface area (Å²) in [5.74, 6) is -0.446. The first-order chi connectivity index (χ1) is 12.6. The van der Waals surface area contributed by atoms with Crippen molar-refractivity contribution in [3.05, 3.63) is 24.3 Å². The van der Waals surface area contributed by atoms with E-state index in [-0.39, 0.29) is 23.8 Å². The van der Waals surface area contributed by atoms with Crippen molar-refractivity contribution in [1.82, 2.24) is 4.90 Å². The Bertz CT molecular complexity index is 694. The van der Waals surface area contributed by atoms with Crippen molar-refractivity contribution in [2.75, 3.05) is 30.4 Å². The molecule has 1 aromatic carbocycles. The molecule has 1 fully saturated rings. The van der Waals surface area contributed by atoms with Gasteiger partial charge in [-0.1, -0.05) is 0 Å². The van der Waals surface area contributed by atoms with E-state index in [9.17, 15) is 14.4 Å². The van der Waals surface area contributed by atoms with Crippen LogP contribution in [-0.4, -0.2) is 48.5 Å². The van der Waals surface area contributed by atoms with Gasteiger partial charge < -0.3 is 19.9 Å². The van der Waals surface area contributed by atoms with Gasteiger partial charge in [0.25, 0.3) is 0 Å². The van der Waals surface area contributed by atoms with Crippen LogP contribution in [0.25, 0.3) is 0 Å². The van der Waals surface area contributed by atoms with E-state index in [1.165, 1.54) is 11.8 Å². The van der Waals surface area contributed by atoms with E-state index in [0.717, 1.165) is 18.5 Å². The monoisotopic (exact) mass is 375 g/mol. The molecule has 1 unspecified atom stereocenters. The Morgan fingerprint density at radius 1 is 1.19 bits per heavy atom. The van der Waals surface area contributed by atoms with Crippen LogP contribution in [0, 0.1) is 5.92 Å². The standard InChI is InChI=1S/C20H29N3O4/c1-14(24)22(5)17-10-8-16(9-11-17)21-18(25)15-7-6-12-23(13-15)19(26)27-20(2,3)4/h8-11,15H,6-7,12-13H2,1-5H3,(H,21,25). The van der Waals surface area contributed by atoms with Gasteiger partial charge in [0.1, 0.15) is 5.60 Å². The molecule has 0 spiro atoms. The first-order valence-electron chi connectivity index (χ1n) is 9.20. The fourth-order valence-electron chi connectivity index (χ4n) is 2.88. The third kappa shape index (κ3) is 5.98. The summed E-state index contributed by atoms with van der Waals surface area (Å²) in [6.07, 6.45) is 1.12. The maximum Gasteiger partial charge on any atom is 0.410 e. The smallest absolute Gasteiger partial charge is 0.410 e. The number of anilines is 2. The molecule has 1 aliphatic heterocycles. The summed E-state index contributed by atoms with van der Waals surface area (Å²) in [6, 6.07) is 7.10. The van der Waals surface area contributed by atoms with Gasteiger partial charge in [-0.25, -0.2) is 4.79 Å². The van der Waals surface area contributed by atoms with Crippen LogP contribution in [0.4, 0.5) is 16.2 Å². The van der Waals surface area contributed by atoms with E-state index in [1.54, 1.807) is 36.2 Å². The van der Waals surface area contributed by atoms with Gasteiger partial charge in [0.2, 0.25) is 11.8 Å². The Labute approximate surface area is 160 Å². The Morgan fingerprint density at radius 3 is 2.37 bits per heavy atom. The van der Waals surface area contributed by atoms with Crippen LogP contribution in [0.2, 0.25) is 0 Å². The minimum absolute atomic E-state index is 0.0591. The molecule has 27 heavy (non-hydrogen) atoms. The summed E-state index contributed by atoms with van der Waals surface area (Å²) in [5, 5.41) is 2.89. The molecule has 0 aromatic heterocycles. The largest absolute Gasteiger partial charge is 0.444 e. The Kier molecular flexibility index (Phi) is 6.46. The molecule has 0 bridgehead atoms. The minimum Gasteiger partial charge on any atom is -0.444 e. The zero-order valence-corrected chi connectivity index (χ0v) is 16.7. The first kappa shape index (κ1) is 20.7. The van der Waals surface area contributed by atoms with Gasteiger partial charge in [0.15, 0.2) is 0 Å². The maximum absolute atomic E-state index is 12.6. The summed E-state index contributed by atoms with van der Waals surface area (Å²) in [4.78, 5) is 39.4. The lowest BCUT2D eigenvalue weighted by molar-refractivity contribution is -0.121. The van der Waals surface area contributed by atoms with E-state index in [0.29, 0.717) is 18.8 Å². The van der Waals surface area contributed by atoms with E-state index in [1.807, 2.05) is 20.8 Å². The molecule has 1 heterocycles. The van der Waals surface area contributed by atoms with Crippen LogP contribution in [0.3, 0.4) is 0 Å². The predicted molar refractivity (Wildman–Crippen MR) is 105 cm³/mol. The number of amides is 3. The number of hydrogen-bond acceptors (Lipinski definition) is 4. The van der Waals surface area contributed by atoms with Crippen molar-refractivity contribution >= 4 is 29.3 Å². The lowest BCUT2D eigenvalue weighted by Gasteiger charge is -2.33. The molecule has 1 aromatic rings. The number of nitrogens with zero attached hydrogens (tertiary/aromatic N) is 2. The molecule has 7 nitrogen and oxygen atoms in total. The SMILES string of the molecule is CC(=O)N(C)c1ccc(NC(=O)C2CCCN(C(=O)OC(C)(C)C)C2)cc1. The van der Waals surface area contributed by atoms with E-state index < -0.39 is 5.60 Å². The second-order valence-corrected chi connectivity index (χ2v) is 7.88. The topological polar surface area (TPSA) is 79.0 Å². The molecular formula is C20H29N3O4. The van der Waals surface area contributed by atoms with Crippen LogP contribution in [0.15, 0.2) is 24.3 Å². The van der Waals surface area contributed by atoms with Gasteiger partial charge in [-0.2, -0.15) is 0 Å². The molecule has 0 aliphatic carbocycles. The number of nitrogens with one attached hydrogen (secondary N) is 1. The summed E-state index contributed by atoms with van der Waals surface area (Å²) in [5.41, 5.74) is 0.866. The maximum atomic E-state index is 12.6.